The molecule has 0 atom stereocenters. The van der Waals surface area contributed by atoms with E-state index in [2.05, 4.69) is 37.0 Å². The maximum atomic E-state index is 12.3. The molecule has 2 aromatic heterocycles. The normalized spacial score (nSPS) is 14.3. The van der Waals surface area contributed by atoms with Crippen molar-refractivity contribution in [3.05, 3.63) is 65.6 Å². The lowest BCUT2D eigenvalue weighted by atomic mass is 10.2. The Balaban J connectivity index is 1.33. The molecule has 3 N–H and O–H groups in total. The first-order valence-corrected chi connectivity index (χ1v) is 12.2. The molecule has 0 amide bonds. The largest absolute Gasteiger partial charge is 0.471 e. The van der Waals surface area contributed by atoms with Crippen LogP contribution in [0.25, 0.3) is 11.0 Å². The molecule has 10 heteroatoms. The highest BCUT2D eigenvalue weighted by Crippen LogP contribution is 2.29. The molecule has 0 aliphatic carbocycles. The summed E-state index contributed by atoms with van der Waals surface area (Å²) in [7, 11) is -3.65. The molecule has 2 aromatic carbocycles. The minimum absolute atomic E-state index is 0.0837. The minimum atomic E-state index is -3.65. The molecule has 1 saturated heterocycles. The topological polar surface area (TPSA) is 103 Å². The molecule has 3 heterocycles. The Kier molecular flexibility index (Phi) is 5.54. The molecule has 1 aliphatic heterocycles. The van der Waals surface area contributed by atoms with Crippen molar-refractivity contribution < 1.29 is 12.8 Å². The van der Waals surface area contributed by atoms with Crippen molar-refractivity contribution in [3.63, 3.8) is 0 Å². The SMILES string of the molecule is O=S(=O)(NCc1ccc(Cl)c(Nc2nc3cc(N4CCCC4)ccc3[nH]2)c1)c1ccoc1. The summed E-state index contributed by atoms with van der Waals surface area (Å²) in [6, 6.07) is 12.9. The number of fused-ring (bicyclic) bond motifs is 1. The molecular formula is C22H22ClN5O3S. The van der Waals surface area contributed by atoms with Gasteiger partial charge in [0, 0.05) is 25.3 Å². The lowest BCUT2D eigenvalue weighted by Gasteiger charge is -2.16. The molecule has 5 rings (SSSR count). The van der Waals surface area contributed by atoms with Crippen LogP contribution in [0.5, 0.6) is 0 Å². The van der Waals surface area contributed by atoms with Crippen molar-refractivity contribution in [1.82, 2.24) is 14.7 Å². The number of imidazole rings is 1. The molecule has 0 unspecified atom stereocenters. The van der Waals surface area contributed by atoms with Crippen LogP contribution in [0.4, 0.5) is 17.3 Å². The first-order valence-electron chi connectivity index (χ1n) is 10.3. The van der Waals surface area contributed by atoms with Gasteiger partial charge < -0.3 is 19.6 Å². The molecule has 32 heavy (non-hydrogen) atoms. The van der Waals surface area contributed by atoms with Gasteiger partial charge in [-0.3, -0.25) is 0 Å². The zero-order chi connectivity index (χ0) is 22.1. The van der Waals surface area contributed by atoms with E-state index in [0.717, 1.165) is 29.7 Å². The number of rotatable bonds is 7. The fraction of sp³-hybridized carbons (Fsp3) is 0.227. The number of sulfonamides is 1. The number of furan rings is 1. The summed E-state index contributed by atoms with van der Waals surface area (Å²) in [5.41, 5.74) is 4.35. The number of hydrogen-bond acceptors (Lipinski definition) is 6. The second kappa shape index (κ2) is 8.50. The van der Waals surface area contributed by atoms with Gasteiger partial charge >= 0.3 is 0 Å². The van der Waals surface area contributed by atoms with Gasteiger partial charge in [0.05, 0.1) is 28.0 Å². The second-order valence-electron chi connectivity index (χ2n) is 7.70. The third kappa shape index (κ3) is 4.32. The zero-order valence-electron chi connectivity index (χ0n) is 17.1. The van der Waals surface area contributed by atoms with E-state index in [1.54, 1.807) is 18.2 Å². The highest BCUT2D eigenvalue weighted by Gasteiger charge is 2.16. The zero-order valence-corrected chi connectivity index (χ0v) is 18.7. The molecule has 4 aromatic rings. The summed E-state index contributed by atoms with van der Waals surface area (Å²) in [4.78, 5) is 10.4. The van der Waals surface area contributed by atoms with Crippen LogP contribution in [0.2, 0.25) is 5.02 Å². The van der Waals surface area contributed by atoms with Crippen LogP contribution in [0.1, 0.15) is 18.4 Å². The average Bonchev–Trinajstić information content (AvgIpc) is 3.55. The number of aromatic nitrogens is 2. The first-order chi connectivity index (χ1) is 15.5. The van der Waals surface area contributed by atoms with Crippen LogP contribution in [0.15, 0.2) is 64.3 Å². The number of benzene rings is 2. The van der Waals surface area contributed by atoms with Gasteiger partial charge in [0.1, 0.15) is 11.2 Å². The third-order valence-corrected chi connectivity index (χ3v) is 7.20. The van der Waals surface area contributed by atoms with Crippen molar-refractivity contribution in [3.8, 4) is 0 Å². The van der Waals surface area contributed by atoms with Crippen LogP contribution in [-0.4, -0.2) is 31.5 Å². The minimum Gasteiger partial charge on any atom is -0.471 e. The van der Waals surface area contributed by atoms with E-state index in [4.69, 9.17) is 16.0 Å². The Hall–Kier alpha value is -3.01. The fourth-order valence-corrected chi connectivity index (χ4v) is 4.90. The quantitative estimate of drug-likeness (QED) is 0.363. The van der Waals surface area contributed by atoms with Gasteiger partial charge in [0.15, 0.2) is 0 Å². The van der Waals surface area contributed by atoms with Crippen molar-refractivity contribution in [2.45, 2.75) is 24.3 Å². The maximum absolute atomic E-state index is 12.3. The Morgan fingerprint density at radius 3 is 2.75 bits per heavy atom. The molecule has 1 fully saturated rings. The highest BCUT2D eigenvalue weighted by molar-refractivity contribution is 7.89. The Morgan fingerprint density at radius 2 is 1.97 bits per heavy atom. The summed E-state index contributed by atoms with van der Waals surface area (Å²) in [5.74, 6) is 0.566. The Bertz CT molecular complexity index is 1350. The van der Waals surface area contributed by atoms with Crippen molar-refractivity contribution in [2.24, 2.45) is 0 Å². The van der Waals surface area contributed by atoms with Gasteiger partial charge in [-0.05, 0) is 54.8 Å². The Labute approximate surface area is 190 Å². The van der Waals surface area contributed by atoms with E-state index in [9.17, 15) is 8.42 Å². The number of nitrogens with one attached hydrogen (secondary N) is 3. The van der Waals surface area contributed by atoms with Crippen LogP contribution in [0.3, 0.4) is 0 Å². The highest BCUT2D eigenvalue weighted by atomic mass is 35.5. The monoisotopic (exact) mass is 471 g/mol. The van der Waals surface area contributed by atoms with Crippen LogP contribution in [-0.2, 0) is 16.6 Å². The molecule has 0 bridgehead atoms. The maximum Gasteiger partial charge on any atom is 0.244 e. The van der Waals surface area contributed by atoms with Gasteiger partial charge in [-0.1, -0.05) is 17.7 Å². The van der Waals surface area contributed by atoms with Gasteiger partial charge in [-0.2, -0.15) is 0 Å². The average molecular weight is 472 g/mol. The smallest absolute Gasteiger partial charge is 0.244 e. The molecule has 1 aliphatic rings. The summed E-state index contributed by atoms with van der Waals surface area (Å²) in [6.45, 7) is 2.26. The van der Waals surface area contributed by atoms with Crippen molar-refractivity contribution in [1.29, 1.82) is 0 Å². The molecule has 0 radical (unpaired) electrons. The number of halogens is 1. The lowest BCUT2D eigenvalue weighted by Crippen LogP contribution is -2.22. The van der Waals surface area contributed by atoms with E-state index in [1.807, 2.05) is 6.07 Å². The number of nitrogens with zero attached hydrogens (tertiary/aromatic N) is 2. The van der Waals surface area contributed by atoms with E-state index in [1.165, 1.54) is 37.1 Å². The second-order valence-corrected chi connectivity index (χ2v) is 9.88. The molecule has 8 nitrogen and oxygen atoms in total. The molecule has 0 spiro atoms. The van der Waals surface area contributed by atoms with Gasteiger partial charge in [-0.25, -0.2) is 18.1 Å². The van der Waals surface area contributed by atoms with E-state index in [-0.39, 0.29) is 11.4 Å². The summed E-state index contributed by atoms with van der Waals surface area (Å²) >= 11 is 6.37. The predicted octanol–water partition coefficient (Wildman–Crippen LogP) is 4.63. The summed E-state index contributed by atoms with van der Waals surface area (Å²) in [5, 5.41) is 3.72. The number of aromatic amines is 1. The molecular weight excluding hydrogens is 450 g/mol. The third-order valence-electron chi connectivity index (χ3n) is 5.49. The van der Waals surface area contributed by atoms with Crippen molar-refractivity contribution in [2.75, 3.05) is 23.3 Å². The number of hydrogen-bond donors (Lipinski definition) is 3. The lowest BCUT2D eigenvalue weighted by molar-refractivity contribution is 0.553. The predicted molar refractivity (Wildman–Crippen MR) is 125 cm³/mol. The Morgan fingerprint density at radius 1 is 1.12 bits per heavy atom. The van der Waals surface area contributed by atoms with Gasteiger partial charge in [0.25, 0.3) is 0 Å². The first kappa shape index (κ1) is 20.9. The van der Waals surface area contributed by atoms with Gasteiger partial charge in [0.2, 0.25) is 16.0 Å². The molecule has 166 valence electrons. The standard InChI is InChI=1S/C22H22ClN5O3S/c23-18-5-3-15(13-24-32(29,30)17-7-10-31-14-17)11-20(18)26-22-25-19-6-4-16(12-21(19)27-22)28-8-1-2-9-28/h3-7,10-12,14,24H,1-2,8-9,13H2,(H2,25,26,27). The van der Waals surface area contributed by atoms with E-state index >= 15 is 0 Å². The fourth-order valence-electron chi connectivity index (χ4n) is 3.80. The number of H-pyrrole nitrogens is 1. The van der Waals surface area contributed by atoms with Crippen LogP contribution >= 0.6 is 11.6 Å². The van der Waals surface area contributed by atoms with Crippen molar-refractivity contribution >= 4 is 50.0 Å². The number of anilines is 3. The summed E-state index contributed by atoms with van der Waals surface area (Å²) < 4.78 is 32.0. The van der Waals surface area contributed by atoms with E-state index < -0.39 is 10.0 Å². The van der Waals surface area contributed by atoms with E-state index in [0.29, 0.717) is 16.7 Å². The van der Waals surface area contributed by atoms with Gasteiger partial charge in [-0.15, -0.1) is 0 Å². The molecule has 0 saturated carbocycles. The summed E-state index contributed by atoms with van der Waals surface area (Å²) in [6.07, 6.45) is 4.95. The van der Waals surface area contributed by atoms with Crippen LogP contribution < -0.4 is 14.9 Å². The van der Waals surface area contributed by atoms with Crippen LogP contribution in [0, 0.1) is 0 Å².